The molecule has 4 rings (SSSR count). The van der Waals surface area contributed by atoms with Gasteiger partial charge >= 0.3 is 11.9 Å². The van der Waals surface area contributed by atoms with Gasteiger partial charge in [0.2, 0.25) is 11.6 Å². The summed E-state index contributed by atoms with van der Waals surface area (Å²) >= 11 is 0. The number of aliphatic hydroxyl groups excluding tert-OH is 2. The van der Waals surface area contributed by atoms with E-state index in [1.165, 1.54) is 7.11 Å². The lowest BCUT2D eigenvalue weighted by Gasteiger charge is -2.48. The number of carbonyl (C=O) groups is 4. The Kier molecular flexibility index (Phi) is 23.8. The highest BCUT2D eigenvalue weighted by Crippen LogP contribution is 2.46. The van der Waals surface area contributed by atoms with Crippen LogP contribution in [0.15, 0.2) is 22.7 Å². The van der Waals surface area contributed by atoms with Crippen molar-refractivity contribution in [3.8, 4) is 0 Å². The number of aldehydes is 1. The first-order valence-electron chi connectivity index (χ1n) is 26.6. The van der Waals surface area contributed by atoms with Gasteiger partial charge in [-0.2, -0.15) is 0 Å². The van der Waals surface area contributed by atoms with E-state index in [2.05, 4.69) is 44.7 Å². The number of cyclic esters (lactones) is 2. The number of nitrogens with zero attached hydrogens (tertiary/aromatic N) is 2. The molecule has 0 aliphatic carbocycles. The molecule has 2 unspecified atom stereocenters. The van der Waals surface area contributed by atoms with Crippen molar-refractivity contribution >= 4 is 31.1 Å². The van der Waals surface area contributed by atoms with E-state index in [1.807, 2.05) is 55.6 Å². The van der Waals surface area contributed by atoms with Crippen molar-refractivity contribution in [2.45, 2.75) is 208 Å². The van der Waals surface area contributed by atoms with Gasteiger partial charge in [0.05, 0.1) is 65.6 Å². The van der Waals surface area contributed by atoms with E-state index < -0.39 is 97.3 Å². The fourth-order valence-electron chi connectivity index (χ4n) is 11.1. The van der Waals surface area contributed by atoms with Gasteiger partial charge in [0.1, 0.15) is 30.7 Å². The fraction of sp³-hybridized carbons (Fsp3) is 0.855. The summed E-state index contributed by atoms with van der Waals surface area (Å²) in [5.74, 6) is -4.34. The summed E-state index contributed by atoms with van der Waals surface area (Å²) in [4.78, 5) is 54.4. The van der Waals surface area contributed by atoms with Crippen LogP contribution in [-0.2, 0) is 71.1 Å². The molecule has 0 aromatic heterocycles. The highest BCUT2D eigenvalue weighted by atomic mass is 31.2. The molecule has 0 radical (unpaired) electrons. The standard InChI is InChI=1S/C29H52NO10P.C26H45NO7/c1-17(23(33)14-41(35,15-31)16-32)13-29(8,36-11)25(20(4)24-21(5)26(34)40-28(6,7)39-24)38-27-19(3)22(30(9)10)12-18(2)37-27;1-15(14-28)13-26(8,30-11)22(18(4)21-19(5)23(29)34-25(6,7)33-21)32-24-17(3)20(27(9)10)12-16(2)31-24/h17-20,22,25,27,31-32H,12-16H2,1-11H3;14-18,20,22,24H,12-13H2,1-11H3/t17-,18-,19-,20+,22?,25-,27+,29-;15-,16-,17-,18+,20?,22-,24+,26-/m11/s1. The Morgan fingerprint density at radius 3 is 1.39 bits per heavy atom. The third-order valence-corrected chi connectivity index (χ3v) is 17.6. The van der Waals surface area contributed by atoms with Crippen molar-refractivity contribution in [2.75, 3.05) is 61.3 Å². The molecule has 4 heterocycles. The molecule has 0 aromatic rings. The van der Waals surface area contributed by atoms with E-state index in [1.54, 1.807) is 55.6 Å². The highest BCUT2D eigenvalue weighted by molar-refractivity contribution is 7.64. The van der Waals surface area contributed by atoms with Crippen molar-refractivity contribution in [1.82, 2.24) is 9.80 Å². The summed E-state index contributed by atoms with van der Waals surface area (Å²) in [6, 6.07) is 0.481. The first kappa shape index (κ1) is 66.5. The van der Waals surface area contributed by atoms with Crippen LogP contribution in [0, 0.1) is 35.5 Å². The van der Waals surface area contributed by atoms with E-state index in [4.69, 9.17) is 47.4 Å². The second-order valence-electron chi connectivity index (χ2n) is 23.8. The second kappa shape index (κ2) is 26.9. The van der Waals surface area contributed by atoms with Gasteiger partial charge in [-0.25, -0.2) is 9.59 Å². The zero-order valence-electron chi connectivity index (χ0n) is 49.5. The molecule has 19 nitrogen and oxygen atoms in total. The summed E-state index contributed by atoms with van der Waals surface area (Å²) in [5.41, 5.74) is -1.23. The van der Waals surface area contributed by atoms with E-state index in [0.29, 0.717) is 29.1 Å². The van der Waals surface area contributed by atoms with E-state index in [9.17, 15) is 34.0 Å². The highest BCUT2D eigenvalue weighted by Gasteiger charge is 2.51. The number of hydrogen-bond acceptors (Lipinski definition) is 19. The molecule has 0 aromatic carbocycles. The molecule has 20 heteroatoms. The van der Waals surface area contributed by atoms with Crippen LogP contribution in [0.2, 0.25) is 0 Å². The van der Waals surface area contributed by atoms with Gasteiger partial charge in [-0.05, 0) is 95.4 Å². The Labute approximate surface area is 448 Å². The van der Waals surface area contributed by atoms with Crippen molar-refractivity contribution < 1.29 is 81.3 Å². The lowest BCUT2D eigenvalue weighted by atomic mass is 9.79. The number of ketones is 1. The van der Waals surface area contributed by atoms with Crippen molar-refractivity contribution in [3.05, 3.63) is 22.7 Å². The Bertz CT molecular complexity index is 2050. The molecule has 4 aliphatic rings. The van der Waals surface area contributed by atoms with Crippen molar-refractivity contribution in [3.63, 3.8) is 0 Å². The molecule has 16 atom stereocenters. The first-order chi connectivity index (χ1) is 34.5. The number of esters is 2. The Morgan fingerprint density at radius 1 is 0.707 bits per heavy atom. The summed E-state index contributed by atoms with van der Waals surface area (Å²) < 4.78 is 74.1. The average Bonchev–Trinajstić information content (AvgIpc) is 3.32. The van der Waals surface area contributed by atoms with E-state index >= 15 is 0 Å². The predicted molar refractivity (Wildman–Crippen MR) is 283 cm³/mol. The Morgan fingerprint density at radius 2 is 1.07 bits per heavy atom. The molecule has 0 saturated carbocycles. The SMILES string of the molecule is CO[C@](C)(C[C@@H](C)C(=O)CP(=O)(CO)CO)[C@H](O[C@@H]1O[C@H](C)CC(N(C)C)[C@H]1C)[C@@H](C)C1=C(C)C(=O)OC(C)(C)O1.CO[C@](C)(C[C@@H](C)C=O)[C@H](O[C@@H]1O[C@H](C)CC(N(C)C)[C@H]1C)[C@@H](C)C1=C(C)C(=O)OC(C)(C)O1. The smallest absolute Gasteiger partial charge is 0.340 e. The molecule has 0 spiro atoms. The van der Waals surface area contributed by atoms with Gasteiger partial charge in [-0.1, -0.05) is 41.5 Å². The summed E-state index contributed by atoms with van der Waals surface area (Å²) in [6.45, 7) is 29.5. The van der Waals surface area contributed by atoms with Gasteiger partial charge in [0.15, 0.2) is 12.6 Å². The minimum atomic E-state index is -3.43. The Balaban J connectivity index is 0.000000402. The topological polar surface area (TPSA) is 225 Å². The molecule has 75 heavy (non-hydrogen) atoms. The maximum atomic E-state index is 13.1. The van der Waals surface area contributed by atoms with Gasteiger partial charge in [-0.3, -0.25) is 4.79 Å². The first-order valence-corrected chi connectivity index (χ1v) is 28.8. The van der Waals surface area contributed by atoms with Crippen LogP contribution in [0.3, 0.4) is 0 Å². The Hall–Kier alpha value is -2.81. The number of rotatable bonds is 24. The number of Topliss-reactive ketones (excluding diaryl/α,β-unsaturated/α-hetero) is 1. The van der Waals surface area contributed by atoms with Crippen molar-refractivity contribution in [1.29, 1.82) is 0 Å². The molecule has 434 valence electrons. The summed E-state index contributed by atoms with van der Waals surface area (Å²) in [7, 11) is 7.91. The molecule has 2 saturated heterocycles. The van der Waals surface area contributed by atoms with Gasteiger partial charge in [0.25, 0.3) is 0 Å². The van der Waals surface area contributed by atoms with Crippen LogP contribution >= 0.6 is 7.14 Å². The predicted octanol–water partition coefficient (Wildman–Crippen LogP) is 7.48. The second-order valence-corrected chi connectivity index (χ2v) is 26.8. The lowest BCUT2D eigenvalue weighted by Crippen LogP contribution is -2.56. The quantitative estimate of drug-likeness (QED) is 0.0543. The zero-order chi connectivity index (χ0) is 57.5. The molecule has 4 aliphatic heterocycles. The molecule has 2 N–H and O–H groups in total. The fourth-order valence-corrected chi connectivity index (χ4v) is 12.3. The van der Waals surface area contributed by atoms with Crippen LogP contribution in [0.25, 0.3) is 0 Å². The van der Waals surface area contributed by atoms with Gasteiger partial charge < -0.3 is 76.7 Å². The summed E-state index contributed by atoms with van der Waals surface area (Å²) in [6.07, 6.45) is -1.10. The minimum absolute atomic E-state index is 0.0141. The third-order valence-electron chi connectivity index (χ3n) is 15.6. The number of aliphatic hydroxyl groups is 2. The maximum Gasteiger partial charge on any atom is 0.340 e. The third kappa shape index (κ3) is 16.9. The zero-order valence-corrected chi connectivity index (χ0v) is 50.4. The maximum absolute atomic E-state index is 13.1. The molecule has 0 bridgehead atoms. The van der Waals surface area contributed by atoms with Crippen LogP contribution in [-0.4, -0.2) is 177 Å². The van der Waals surface area contributed by atoms with E-state index in [-0.39, 0.29) is 60.2 Å². The van der Waals surface area contributed by atoms with Gasteiger partial charge in [-0.15, -0.1) is 0 Å². The average molecular weight is 1090 g/mol. The molecule has 2 fully saturated rings. The minimum Gasteiger partial charge on any atom is -0.456 e. The number of methoxy groups -OCH3 is 2. The summed E-state index contributed by atoms with van der Waals surface area (Å²) in [5, 5.41) is 19.0. The molecule has 0 amide bonds. The van der Waals surface area contributed by atoms with Crippen LogP contribution in [0.4, 0.5) is 0 Å². The normalized spacial score (nSPS) is 30.2. The van der Waals surface area contributed by atoms with Crippen LogP contribution in [0.1, 0.15) is 136 Å². The monoisotopic (exact) mass is 1090 g/mol. The molecular weight excluding hydrogens is 992 g/mol. The van der Waals surface area contributed by atoms with Crippen molar-refractivity contribution in [2.24, 2.45) is 35.5 Å². The van der Waals surface area contributed by atoms with E-state index in [0.717, 1.165) is 19.1 Å². The molecular formula is C55H97N2O17P. The lowest BCUT2D eigenvalue weighted by molar-refractivity contribution is -0.285. The van der Waals surface area contributed by atoms with Gasteiger partial charge in [0, 0.05) is 89.5 Å². The van der Waals surface area contributed by atoms with Crippen LogP contribution < -0.4 is 0 Å². The number of hydrogen-bond donors (Lipinski definition) is 2. The number of ether oxygens (including phenoxy) is 10. The largest absolute Gasteiger partial charge is 0.456 e. The van der Waals surface area contributed by atoms with Crippen LogP contribution in [0.5, 0.6) is 0 Å². The number of carbonyl (C=O) groups excluding carboxylic acids is 4.